The van der Waals surface area contributed by atoms with Crippen molar-refractivity contribution in [2.24, 2.45) is 5.92 Å². The van der Waals surface area contributed by atoms with Crippen molar-refractivity contribution in [1.29, 1.82) is 0 Å². The summed E-state index contributed by atoms with van der Waals surface area (Å²) in [5.74, 6) is -0.115. The molecule has 0 spiro atoms. The van der Waals surface area contributed by atoms with Gasteiger partial charge in [0.2, 0.25) is 0 Å². The van der Waals surface area contributed by atoms with Crippen LogP contribution in [0.15, 0.2) is 0 Å². The van der Waals surface area contributed by atoms with Gasteiger partial charge in [-0.25, -0.2) is 0 Å². The number of ether oxygens (including phenoxy) is 1. The van der Waals surface area contributed by atoms with E-state index in [-0.39, 0.29) is 11.9 Å². The van der Waals surface area contributed by atoms with Crippen molar-refractivity contribution < 1.29 is 9.53 Å². The first-order chi connectivity index (χ1) is 4.68. The fourth-order valence-electron chi connectivity index (χ4n) is 0.394. The summed E-state index contributed by atoms with van der Waals surface area (Å²) in [7, 11) is 0. The van der Waals surface area contributed by atoms with Gasteiger partial charge in [0.05, 0.1) is 12.5 Å². The summed E-state index contributed by atoms with van der Waals surface area (Å²) in [5, 5.41) is 0.887. The molecular formula is C7H13BrO2. The Morgan fingerprint density at radius 2 is 2.20 bits per heavy atom. The monoisotopic (exact) mass is 208 g/mol. The van der Waals surface area contributed by atoms with Crippen LogP contribution in [0.4, 0.5) is 0 Å². The molecular weight excluding hydrogens is 196 g/mol. The Labute approximate surface area is 70.1 Å². The van der Waals surface area contributed by atoms with Crippen LogP contribution < -0.4 is 0 Å². The fourth-order valence-corrected chi connectivity index (χ4v) is 0.623. The smallest absolute Gasteiger partial charge is 0.308 e. The summed E-state index contributed by atoms with van der Waals surface area (Å²) >= 11 is 3.25. The number of carbonyl (C=O) groups excluding carboxylic acids is 1. The molecule has 0 aliphatic carbocycles. The van der Waals surface area contributed by atoms with Gasteiger partial charge in [-0.05, 0) is 6.42 Å². The summed E-state index contributed by atoms with van der Waals surface area (Å²) in [4.78, 5) is 10.8. The minimum absolute atomic E-state index is 0.00433. The molecule has 0 rings (SSSR count). The molecule has 10 heavy (non-hydrogen) atoms. The average Bonchev–Trinajstić information content (AvgIpc) is 1.88. The van der Waals surface area contributed by atoms with E-state index in [0.717, 1.165) is 11.8 Å². The predicted octanol–water partition coefficient (Wildman–Crippen LogP) is 1.97. The van der Waals surface area contributed by atoms with E-state index in [1.165, 1.54) is 0 Å². The fraction of sp³-hybridized carbons (Fsp3) is 0.857. The first-order valence-electron chi connectivity index (χ1n) is 3.41. The lowest BCUT2D eigenvalue weighted by Crippen LogP contribution is -2.12. The number of hydrogen-bond donors (Lipinski definition) is 0. The van der Waals surface area contributed by atoms with Crippen LogP contribution in [0, 0.1) is 5.92 Å². The Bertz CT molecular complexity index is 102. The van der Waals surface area contributed by atoms with Gasteiger partial charge >= 0.3 is 5.97 Å². The zero-order chi connectivity index (χ0) is 7.98. The maximum atomic E-state index is 10.8. The second kappa shape index (κ2) is 5.71. The van der Waals surface area contributed by atoms with E-state index in [2.05, 4.69) is 15.9 Å². The molecule has 2 nitrogen and oxygen atoms in total. The molecule has 0 N–H and O–H groups in total. The SMILES string of the molecule is CC(C)C(=O)OCCCBr. The van der Waals surface area contributed by atoms with Crippen molar-refractivity contribution in [3.63, 3.8) is 0 Å². The first-order valence-corrected chi connectivity index (χ1v) is 4.53. The third-order valence-corrected chi connectivity index (χ3v) is 1.55. The molecule has 0 bridgehead atoms. The molecule has 0 saturated carbocycles. The van der Waals surface area contributed by atoms with E-state index >= 15 is 0 Å². The Balaban J connectivity index is 3.22. The summed E-state index contributed by atoms with van der Waals surface area (Å²) in [6.45, 7) is 4.19. The molecule has 0 radical (unpaired) electrons. The van der Waals surface area contributed by atoms with Crippen molar-refractivity contribution in [3.8, 4) is 0 Å². The predicted molar refractivity (Wildman–Crippen MR) is 44.2 cm³/mol. The van der Waals surface area contributed by atoms with Gasteiger partial charge in [-0.3, -0.25) is 4.79 Å². The quantitative estimate of drug-likeness (QED) is 0.402. The van der Waals surface area contributed by atoms with E-state index < -0.39 is 0 Å². The van der Waals surface area contributed by atoms with Gasteiger partial charge in [0.25, 0.3) is 0 Å². The van der Waals surface area contributed by atoms with Crippen LogP contribution >= 0.6 is 15.9 Å². The summed E-state index contributed by atoms with van der Waals surface area (Å²) in [6, 6.07) is 0. The van der Waals surface area contributed by atoms with E-state index in [9.17, 15) is 4.79 Å². The van der Waals surface area contributed by atoms with Crippen LogP contribution in [0.25, 0.3) is 0 Å². The minimum atomic E-state index is -0.110. The zero-order valence-electron chi connectivity index (χ0n) is 6.39. The van der Waals surface area contributed by atoms with Crippen molar-refractivity contribution >= 4 is 21.9 Å². The largest absolute Gasteiger partial charge is 0.465 e. The van der Waals surface area contributed by atoms with Crippen LogP contribution in [0.1, 0.15) is 20.3 Å². The Morgan fingerprint density at radius 3 is 2.60 bits per heavy atom. The molecule has 0 aromatic rings. The number of hydrogen-bond acceptors (Lipinski definition) is 2. The van der Waals surface area contributed by atoms with Gasteiger partial charge < -0.3 is 4.74 Å². The molecule has 0 aliphatic rings. The number of halogens is 1. The van der Waals surface area contributed by atoms with Gasteiger partial charge in [-0.1, -0.05) is 29.8 Å². The lowest BCUT2D eigenvalue weighted by Gasteiger charge is -2.04. The molecule has 0 aromatic heterocycles. The van der Waals surface area contributed by atoms with Crippen molar-refractivity contribution in [2.75, 3.05) is 11.9 Å². The third kappa shape index (κ3) is 4.79. The average molecular weight is 209 g/mol. The number of rotatable bonds is 4. The second-order valence-electron chi connectivity index (χ2n) is 2.36. The highest BCUT2D eigenvalue weighted by atomic mass is 79.9. The number of alkyl halides is 1. The van der Waals surface area contributed by atoms with Crippen molar-refractivity contribution in [3.05, 3.63) is 0 Å². The Hall–Kier alpha value is -0.0500. The van der Waals surface area contributed by atoms with Crippen LogP contribution in [0.3, 0.4) is 0 Å². The number of esters is 1. The second-order valence-corrected chi connectivity index (χ2v) is 3.16. The molecule has 60 valence electrons. The third-order valence-electron chi connectivity index (χ3n) is 0.994. The molecule has 0 saturated heterocycles. The molecule has 0 heterocycles. The van der Waals surface area contributed by atoms with Crippen molar-refractivity contribution in [2.45, 2.75) is 20.3 Å². The topological polar surface area (TPSA) is 26.3 Å². The molecule has 0 aromatic carbocycles. The van der Waals surface area contributed by atoms with Gasteiger partial charge in [-0.2, -0.15) is 0 Å². The Kier molecular flexibility index (Phi) is 5.69. The lowest BCUT2D eigenvalue weighted by atomic mass is 10.2. The van der Waals surface area contributed by atoms with E-state index in [1.54, 1.807) is 0 Å². The van der Waals surface area contributed by atoms with Gasteiger partial charge in [-0.15, -0.1) is 0 Å². The molecule has 0 fully saturated rings. The molecule has 0 atom stereocenters. The van der Waals surface area contributed by atoms with E-state index in [0.29, 0.717) is 6.61 Å². The molecule has 0 aliphatic heterocycles. The highest BCUT2D eigenvalue weighted by Crippen LogP contribution is 1.97. The standard InChI is InChI=1S/C7H13BrO2/c1-6(2)7(9)10-5-3-4-8/h6H,3-5H2,1-2H3. The zero-order valence-corrected chi connectivity index (χ0v) is 7.98. The van der Waals surface area contributed by atoms with Gasteiger partial charge in [0.15, 0.2) is 0 Å². The molecule has 0 amide bonds. The van der Waals surface area contributed by atoms with Crippen LogP contribution in [-0.4, -0.2) is 17.9 Å². The first kappa shape index (κ1) is 9.95. The van der Waals surface area contributed by atoms with Crippen LogP contribution in [0.2, 0.25) is 0 Å². The van der Waals surface area contributed by atoms with Crippen molar-refractivity contribution in [1.82, 2.24) is 0 Å². The summed E-state index contributed by atoms with van der Waals surface area (Å²) in [5.41, 5.74) is 0. The summed E-state index contributed by atoms with van der Waals surface area (Å²) < 4.78 is 4.87. The van der Waals surface area contributed by atoms with Crippen LogP contribution in [-0.2, 0) is 9.53 Å². The van der Waals surface area contributed by atoms with Gasteiger partial charge in [0, 0.05) is 5.33 Å². The maximum absolute atomic E-state index is 10.8. The Morgan fingerprint density at radius 1 is 1.60 bits per heavy atom. The lowest BCUT2D eigenvalue weighted by molar-refractivity contribution is -0.147. The molecule has 3 heteroatoms. The highest BCUT2D eigenvalue weighted by Gasteiger charge is 2.06. The molecule has 0 unspecified atom stereocenters. The van der Waals surface area contributed by atoms with E-state index in [1.807, 2.05) is 13.8 Å². The maximum Gasteiger partial charge on any atom is 0.308 e. The highest BCUT2D eigenvalue weighted by molar-refractivity contribution is 9.09. The minimum Gasteiger partial charge on any atom is -0.465 e. The van der Waals surface area contributed by atoms with Gasteiger partial charge in [0.1, 0.15) is 0 Å². The van der Waals surface area contributed by atoms with E-state index in [4.69, 9.17) is 4.74 Å². The summed E-state index contributed by atoms with van der Waals surface area (Å²) in [6.07, 6.45) is 0.887. The van der Waals surface area contributed by atoms with Crippen LogP contribution in [0.5, 0.6) is 0 Å². The number of carbonyl (C=O) groups is 1. The normalized spacial score (nSPS) is 10.0.